The SMILES string of the molecule is CC/C=C(\C)C(=O)OO. The van der Waals surface area contributed by atoms with Crippen LogP contribution in [0.4, 0.5) is 0 Å². The van der Waals surface area contributed by atoms with Crippen molar-refractivity contribution in [2.75, 3.05) is 0 Å². The Bertz CT molecular complexity index is 126. The standard InChI is InChI=1S/C6H10O3/c1-3-4-5(2)6(7)9-8/h4,8H,3H2,1-2H3/b5-4+. The van der Waals surface area contributed by atoms with E-state index in [1.165, 1.54) is 0 Å². The maximum Gasteiger partial charge on any atom is 0.368 e. The van der Waals surface area contributed by atoms with Crippen LogP contribution in [-0.4, -0.2) is 11.2 Å². The maximum atomic E-state index is 10.4. The van der Waals surface area contributed by atoms with Gasteiger partial charge in [0.25, 0.3) is 0 Å². The van der Waals surface area contributed by atoms with Gasteiger partial charge in [-0.15, -0.1) is 0 Å². The fraction of sp³-hybridized carbons (Fsp3) is 0.500. The van der Waals surface area contributed by atoms with E-state index in [1.807, 2.05) is 6.92 Å². The van der Waals surface area contributed by atoms with E-state index in [9.17, 15) is 4.79 Å². The molecule has 0 unspecified atom stereocenters. The Morgan fingerprint density at radius 3 is 2.67 bits per heavy atom. The third kappa shape index (κ3) is 2.87. The molecule has 0 aromatic heterocycles. The highest BCUT2D eigenvalue weighted by Crippen LogP contribution is 1.95. The van der Waals surface area contributed by atoms with Gasteiger partial charge in [-0.05, 0) is 13.3 Å². The van der Waals surface area contributed by atoms with E-state index in [4.69, 9.17) is 5.26 Å². The van der Waals surface area contributed by atoms with E-state index in [1.54, 1.807) is 13.0 Å². The highest BCUT2D eigenvalue weighted by molar-refractivity contribution is 5.87. The van der Waals surface area contributed by atoms with Crippen molar-refractivity contribution in [1.29, 1.82) is 0 Å². The zero-order valence-corrected chi connectivity index (χ0v) is 5.55. The van der Waals surface area contributed by atoms with E-state index in [2.05, 4.69) is 4.89 Å². The lowest BCUT2D eigenvalue weighted by Crippen LogP contribution is -2.01. The summed E-state index contributed by atoms with van der Waals surface area (Å²) in [7, 11) is 0. The van der Waals surface area contributed by atoms with Crippen LogP contribution >= 0.6 is 0 Å². The van der Waals surface area contributed by atoms with Crippen molar-refractivity contribution >= 4 is 5.97 Å². The lowest BCUT2D eigenvalue weighted by molar-refractivity contribution is -0.229. The lowest BCUT2D eigenvalue weighted by Gasteiger charge is -1.92. The van der Waals surface area contributed by atoms with Gasteiger partial charge in [-0.25, -0.2) is 4.79 Å². The molecule has 0 amide bonds. The predicted molar refractivity (Wildman–Crippen MR) is 32.8 cm³/mol. The number of carbonyl (C=O) groups is 1. The van der Waals surface area contributed by atoms with Gasteiger partial charge in [-0.1, -0.05) is 13.0 Å². The summed E-state index contributed by atoms with van der Waals surface area (Å²) in [6, 6.07) is 0. The number of allylic oxidation sites excluding steroid dienone is 1. The quantitative estimate of drug-likeness (QED) is 0.348. The molecule has 0 saturated carbocycles. The molecule has 0 bridgehead atoms. The summed E-state index contributed by atoms with van der Waals surface area (Å²) in [6.07, 6.45) is 2.44. The molecule has 3 heteroatoms. The molecule has 3 nitrogen and oxygen atoms in total. The average Bonchev–Trinajstić information content (AvgIpc) is 1.87. The van der Waals surface area contributed by atoms with Crippen molar-refractivity contribution in [1.82, 2.24) is 0 Å². The normalized spacial score (nSPS) is 11.2. The first-order chi connectivity index (χ1) is 4.22. The summed E-state index contributed by atoms with van der Waals surface area (Å²) >= 11 is 0. The molecule has 0 aliphatic heterocycles. The van der Waals surface area contributed by atoms with Crippen LogP contribution in [0.25, 0.3) is 0 Å². The molecule has 0 saturated heterocycles. The minimum Gasteiger partial charge on any atom is -0.296 e. The Morgan fingerprint density at radius 2 is 2.33 bits per heavy atom. The Kier molecular flexibility index (Phi) is 3.71. The zero-order valence-electron chi connectivity index (χ0n) is 5.55. The molecule has 0 rings (SSSR count). The van der Waals surface area contributed by atoms with Crippen LogP contribution in [0.5, 0.6) is 0 Å². The Balaban J connectivity index is 3.86. The molecule has 0 atom stereocenters. The third-order valence-corrected chi connectivity index (χ3v) is 0.915. The molecular formula is C6H10O3. The van der Waals surface area contributed by atoms with Gasteiger partial charge >= 0.3 is 5.97 Å². The number of hydrogen-bond acceptors (Lipinski definition) is 3. The summed E-state index contributed by atoms with van der Waals surface area (Å²) in [6.45, 7) is 3.48. The van der Waals surface area contributed by atoms with Crippen LogP contribution in [0.3, 0.4) is 0 Å². The van der Waals surface area contributed by atoms with Gasteiger partial charge in [0.1, 0.15) is 0 Å². The summed E-state index contributed by atoms with van der Waals surface area (Å²) in [4.78, 5) is 13.8. The molecule has 9 heavy (non-hydrogen) atoms. The van der Waals surface area contributed by atoms with Gasteiger partial charge < -0.3 is 0 Å². The van der Waals surface area contributed by atoms with Crippen LogP contribution in [0.1, 0.15) is 20.3 Å². The summed E-state index contributed by atoms with van der Waals surface area (Å²) in [5, 5.41) is 7.84. The van der Waals surface area contributed by atoms with E-state index in [-0.39, 0.29) is 0 Å². The van der Waals surface area contributed by atoms with Gasteiger partial charge in [0.05, 0.1) is 0 Å². The van der Waals surface area contributed by atoms with Crippen molar-refractivity contribution in [3.8, 4) is 0 Å². The van der Waals surface area contributed by atoms with Crippen molar-refractivity contribution in [3.05, 3.63) is 11.6 Å². The first-order valence-corrected chi connectivity index (χ1v) is 2.74. The largest absolute Gasteiger partial charge is 0.368 e. The smallest absolute Gasteiger partial charge is 0.296 e. The van der Waals surface area contributed by atoms with Crippen LogP contribution in [-0.2, 0) is 9.68 Å². The lowest BCUT2D eigenvalue weighted by atomic mass is 10.2. The van der Waals surface area contributed by atoms with E-state index >= 15 is 0 Å². The minimum absolute atomic E-state index is 0.431. The predicted octanol–water partition coefficient (Wildman–Crippen LogP) is 1.36. The van der Waals surface area contributed by atoms with E-state index in [0.717, 1.165) is 6.42 Å². The summed E-state index contributed by atoms with van der Waals surface area (Å²) in [5.74, 6) is -0.683. The maximum absolute atomic E-state index is 10.4. The van der Waals surface area contributed by atoms with Gasteiger partial charge in [0, 0.05) is 5.57 Å². The van der Waals surface area contributed by atoms with Gasteiger partial charge in [-0.3, -0.25) is 4.89 Å². The fourth-order valence-electron chi connectivity index (χ4n) is 0.462. The third-order valence-electron chi connectivity index (χ3n) is 0.915. The molecule has 0 heterocycles. The number of rotatable bonds is 2. The molecule has 0 spiro atoms. The van der Waals surface area contributed by atoms with Crippen LogP contribution < -0.4 is 0 Å². The Labute approximate surface area is 53.9 Å². The molecule has 0 aliphatic carbocycles. The van der Waals surface area contributed by atoms with Crippen molar-refractivity contribution < 1.29 is 14.9 Å². The van der Waals surface area contributed by atoms with Crippen LogP contribution in [0.15, 0.2) is 11.6 Å². The topological polar surface area (TPSA) is 46.5 Å². The first kappa shape index (κ1) is 8.17. The Morgan fingerprint density at radius 1 is 1.78 bits per heavy atom. The van der Waals surface area contributed by atoms with E-state index < -0.39 is 5.97 Å². The number of carbonyl (C=O) groups excluding carboxylic acids is 1. The highest BCUT2D eigenvalue weighted by atomic mass is 17.1. The molecular weight excluding hydrogens is 120 g/mol. The molecule has 1 N–H and O–H groups in total. The van der Waals surface area contributed by atoms with Gasteiger partial charge in [-0.2, -0.15) is 5.26 Å². The van der Waals surface area contributed by atoms with Crippen LogP contribution in [0.2, 0.25) is 0 Å². The van der Waals surface area contributed by atoms with Crippen molar-refractivity contribution in [3.63, 3.8) is 0 Å². The van der Waals surface area contributed by atoms with Gasteiger partial charge in [0.15, 0.2) is 0 Å². The van der Waals surface area contributed by atoms with Gasteiger partial charge in [0.2, 0.25) is 0 Å². The molecule has 0 radical (unpaired) electrons. The monoisotopic (exact) mass is 130 g/mol. The molecule has 0 aromatic rings. The summed E-state index contributed by atoms with van der Waals surface area (Å²) in [5.41, 5.74) is 0.431. The summed E-state index contributed by atoms with van der Waals surface area (Å²) < 4.78 is 0. The molecule has 0 aliphatic rings. The van der Waals surface area contributed by atoms with Crippen LogP contribution in [0, 0.1) is 0 Å². The molecule has 0 aromatic carbocycles. The van der Waals surface area contributed by atoms with Crippen molar-refractivity contribution in [2.45, 2.75) is 20.3 Å². The zero-order chi connectivity index (χ0) is 7.28. The average molecular weight is 130 g/mol. The Hall–Kier alpha value is -0.830. The minimum atomic E-state index is -0.683. The fourth-order valence-corrected chi connectivity index (χ4v) is 0.462. The first-order valence-electron chi connectivity index (χ1n) is 2.74. The number of hydrogen-bond donors (Lipinski definition) is 1. The second-order valence-electron chi connectivity index (χ2n) is 1.67. The second kappa shape index (κ2) is 4.09. The molecule has 0 fully saturated rings. The highest BCUT2D eigenvalue weighted by Gasteiger charge is 2.01. The second-order valence-corrected chi connectivity index (χ2v) is 1.67. The van der Waals surface area contributed by atoms with E-state index in [0.29, 0.717) is 5.57 Å². The molecule has 52 valence electrons. The van der Waals surface area contributed by atoms with Crippen molar-refractivity contribution in [2.24, 2.45) is 0 Å².